The Bertz CT molecular complexity index is 763. The van der Waals surface area contributed by atoms with Gasteiger partial charge >= 0.3 is 11.9 Å². The highest BCUT2D eigenvalue weighted by Crippen LogP contribution is 2.28. The molecule has 0 atom stereocenters. The molecule has 5 heteroatoms. The van der Waals surface area contributed by atoms with Gasteiger partial charge in [0.2, 0.25) is 0 Å². The minimum atomic E-state index is -0.512. The van der Waals surface area contributed by atoms with Crippen molar-refractivity contribution in [2.75, 3.05) is 0 Å². The first-order valence-electron chi connectivity index (χ1n) is 9.12. The number of ether oxygens (including phenoxy) is 3. The van der Waals surface area contributed by atoms with Crippen molar-refractivity contribution in [1.82, 2.24) is 0 Å². The van der Waals surface area contributed by atoms with Gasteiger partial charge in [0.05, 0.1) is 18.9 Å². The first-order valence-corrected chi connectivity index (χ1v) is 9.12. The van der Waals surface area contributed by atoms with E-state index in [-0.39, 0.29) is 18.9 Å². The molecule has 0 aromatic heterocycles. The van der Waals surface area contributed by atoms with Crippen molar-refractivity contribution in [3.63, 3.8) is 0 Å². The van der Waals surface area contributed by atoms with Crippen molar-refractivity contribution in [1.29, 1.82) is 0 Å². The molecule has 5 nitrogen and oxygen atoms in total. The van der Waals surface area contributed by atoms with Gasteiger partial charge in [-0.05, 0) is 49.6 Å². The maximum absolute atomic E-state index is 12.0. The van der Waals surface area contributed by atoms with Crippen molar-refractivity contribution in [3.05, 3.63) is 54.1 Å². The highest BCUT2D eigenvalue weighted by molar-refractivity contribution is 5.80. The van der Waals surface area contributed by atoms with Crippen LogP contribution in [0.4, 0.5) is 0 Å². The smallest absolute Gasteiger partial charge is 0.311 e. The molecule has 0 unspecified atom stereocenters. The van der Waals surface area contributed by atoms with Crippen LogP contribution in [-0.2, 0) is 9.59 Å². The molecule has 0 saturated heterocycles. The number of esters is 2. The normalized spacial score (nSPS) is 10.7. The lowest BCUT2D eigenvalue weighted by molar-refractivity contribution is -0.140. The molecule has 0 spiro atoms. The third kappa shape index (κ3) is 6.77. The quantitative estimate of drug-likeness (QED) is 0.489. The second-order valence-corrected chi connectivity index (χ2v) is 6.79. The molecular weight excluding hydrogens is 344 g/mol. The van der Waals surface area contributed by atoms with Gasteiger partial charge in [0, 0.05) is 0 Å². The summed E-state index contributed by atoms with van der Waals surface area (Å²) in [6, 6.07) is 14.3. The Morgan fingerprint density at radius 1 is 0.778 bits per heavy atom. The number of benzene rings is 2. The van der Waals surface area contributed by atoms with Crippen LogP contribution in [0.2, 0.25) is 0 Å². The molecule has 0 fully saturated rings. The molecule has 2 aromatic carbocycles. The van der Waals surface area contributed by atoms with Gasteiger partial charge in [-0.1, -0.05) is 38.1 Å². The van der Waals surface area contributed by atoms with E-state index in [1.54, 1.807) is 36.4 Å². The standard InChI is InChI=1S/C22H26O5/c1-15(2)17-9-11-18(12-10-17)26-21(23)13-14-22(24)27-20-8-6-5-7-19(20)25-16(3)4/h5-12,15-16H,13-14H2,1-4H3. The summed E-state index contributed by atoms with van der Waals surface area (Å²) in [5, 5.41) is 0. The molecule has 0 amide bonds. The van der Waals surface area contributed by atoms with Crippen molar-refractivity contribution >= 4 is 11.9 Å². The third-order valence-corrected chi connectivity index (χ3v) is 3.75. The van der Waals surface area contributed by atoms with E-state index >= 15 is 0 Å². The van der Waals surface area contributed by atoms with E-state index in [9.17, 15) is 9.59 Å². The minimum absolute atomic E-state index is 0.0399. The van der Waals surface area contributed by atoms with E-state index in [4.69, 9.17) is 14.2 Å². The Hall–Kier alpha value is -2.82. The fraction of sp³-hybridized carbons (Fsp3) is 0.364. The summed E-state index contributed by atoms with van der Waals surface area (Å²) < 4.78 is 16.2. The number of carbonyl (C=O) groups excluding carboxylic acids is 2. The SMILES string of the molecule is CC(C)Oc1ccccc1OC(=O)CCC(=O)Oc1ccc(C(C)C)cc1. The van der Waals surface area contributed by atoms with Gasteiger partial charge < -0.3 is 14.2 Å². The predicted octanol–water partition coefficient (Wildman–Crippen LogP) is 4.89. The van der Waals surface area contributed by atoms with E-state index < -0.39 is 11.9 Å². The molecule has 0 aliphatic heterocycles. The van der Waals surface area contributed by atoms with Gasteiger partial charge in [0.25, 0.3) is 0 Å². The lowest BCUT2D eigenvalue weighted by Gasteiger charge is -2.13. The van der Waals surface area contributed by atoms with Crippen LogP contribution in [0.5, 0.6) is 17.2 Å². The van der Waals surface area contributed by atoms with Crippen LogP contribution in [0.1, 0.15) is 52.0 Å². The molecule has 0 bridgehead atoms. The number of rotatable bonds is 8. The Balaban J connectivity index is 1.84. The average molecular weight is 370 g/mol. The van der Waals surface area contributed by atoms with Gasteiger partial charge in [-0.3, -0.25) is 9.59 Å². The number of hydrogen-bond donors (Lipinski definition) is 0. The first kappa shape index (κ1) is 20.5. The summed E-state index contributed by atoms with van der Waals surface area (Å²) in [5.74, 6) is 0.723. The maximum Gasteiger partial charge on any atom is 0.311 e. The Kier molecular flexibility index (Phi) is 7.41. The zero-order chi connectivity index (χ0) is 19.8. The van der Waals surface area contributed by atoms with Crippen LogP contribution in [0.15, 0.2) is 48.5 Å². The van der Waals surface area contributed by atoms with Gasteiger partial charge in [-0.25, -0.2) is 0 Å². The fourth-order valence-corrected chi connectivity index (χ4v) is 2.37. The van der Waals surface area contributed by atoms with Crippen molar-refractivity contribution in [3.8, 4) is 17.2 Å². The van der Waals surface area contributed by atoms with Crippen LogP contribution >= 0.6 is 0 Å². The van der Waals surface area contributed by atoms with Crippen molar-refractivity contribution < 1.29 is 23.8 Å². The largest absolute Gasteiger partial charge is 0.487 e. The first-order chi connectivity index (χ1) is 12.8. The van der Waals surface area contributed by atoms with E-state index in [1.165, 1.54) is 5.56 Å². The van der Waals surface area contributed by atoms with E-state index in [0.717, 1.165) is 0 Å². The molecule has 0 saturated carbocycles. The number of carbonyl (C=O) groups is 2. The number of hydrogen-bond acceptors (Lipinski definition) is 5. The maximum atomic E-state index is 12.0. The molecule has 2 rings (SSSR count). The highest BCUT2D eigenvalue weighted by atomic mass is 16.6. The zero-order valence-corrected chi connectivity index (χ0v) is 16.2. The van der Waals surface area contributed by atoms with Gasteiger partial charge in [0.15, 0.2) is 11.5 Å². The van der Waals surface area contributed by atoms with E-state index in [2.05, 4.69) is 13.8 Å². The zero-order valence-electron chi connectivity index (χ0n) is 16.2. The van der Waals surface area contributed by atoms with Crippen molar-refractivity contribution in [2.24, 2.45) is 0 Å². The summed E-state index contributed by atoms with van der Waals surface area (Å²) >= 11 is 0. The lowest BCUT2D eigenvalue weighted by atomic mass is 10.0. The van der Waals surface area contributed by atoms with E-state index in [0.29, 0.717) is 23.2 Å². The third-order valence-electron chi connectivity index (χ3n) is 3.75. The predicted molar refractivity (Wildman–Crippen MR) is 103 cm³/mol. The second-order valence-electron chi connectivity index (χ2n) is 6.79. The molecule has 0 aliphatic rings. The molecule has 0 N–H and O–H groups in total. The van der Waals surface area contributed by atoms with Crippen LogP contribution in [0.3, 0.4) is 0 Å². The molecule has 144 valence electrons. The Labute approximate surface area is 160 Å². The molecular formula is C22H26O5. The second kappa shape index (κ2) is 9.76. The Morgan fingerprint density at radius 2 is 1.33 bits per heavy atom. The topological polar surface area (TPSA) is 61.8 Å². The average Bonchev–Trinajstić information content (AvgIpc) is 2.62. The molecule has 0 radical (unpaired) electrons. The summed E-state index contributed by atoms with van der Waals surface area (Å²) in [5.41, 5.74) is 1.17. The summed E-state index contributed by atoms with van der Waals surface area (Å²) in [6.07, 6.45) is -0.168. The summed E-state index contributed by atoms with van der Waals surface area (Å²) in [4.78, 5) is 24.0. The minimum Gasteiger partial charge on any atom is -0.487 e. The van der Waals surface area contributed by atoms with Gasteiger partial charge in [-0.2, -0.15) is 0 Å². The number of para-hydroxylation sites is 2. The Morgan fingerprint density at radius 3 is 1.89 bits per heavy atom. The molecule has 0 heterocycles. The van der Waals surface area contributed by atoms with Gasteiger partial charge in [0.1, 0.15) is 5.75 Å². The van der Waals surface area contributed by atoms with Crippen molar-refractivity contribution in [2.45, 2.75) is 52.6 Å². The van der Waals surface area contributed by atoms with Crippen LogP contribution in [0.25, 0.3) is 0 Å². The molecule has 27 heavy (non-hydrogen) atoms. The molecule has 0 aliphatic carbocycles. The molecule has 2 aromatic rings. The van der Waals surface area contributed by atoms with E-state index in [1.807, 2.05) is 26.0 Å². The van der Waals surface area contributed by atoms with Gasteiger partial charge in [-0.15, -0.1) is 0 Å². The fourth-order valence-electron chi connectivity index (χ4n) is 2.37. The van der Waals surface area contributed by atoms with Crippen LogP contribution < -0.4 is 14.2 Å². The monoisotopic (exact) mass is 370 g/mol. The van der Waals surface area contributed by atoms with Crippen LogP contribution in [-0.4, -0.2) is 18.0 Å². The summed E-state index contributed by atoms with van der Waals surface area (Å²) in [6.45, 7) is 7.97. The highest BCUT2D eigenvalue weighted by Gasteiger charge is 2.14. The summed E-state index contributed by atoms with van der Waals surface area (Å²) in [7, 11) is 0. The lowest BCUT2D eigenvalue weighted by Crippen LogP contribution is -2.15. The van der Waals surface area contributed by atoms with Crippen LogP contribution in [0, 0.1) is 0 Å².